The lowest BCUT2D eigenvalue weighted by molar-refractivity contribution is 0.297. The van der Waals surface area contributed by atoms with E-state index in [4.69, 9.17) is 15.7 Å². The molecule has 3 nitrogen and oxygen atoms in total. The third kappa shape index (κ3) is 3.09. The van der Waals surface area contributed by atoms with Gasteiger partial charge >= 0.3 is 0 Å². The van der Waals surface area contributed by atoms with Crippen LogP contribution in [0.2, 0.25) is 0 Å². The number of hydrogen-bond acceptors (Lipinski definition) is 3. The summed E-state index contributed by atoms with van der Waals surface area (Å²) in [6.07, 6.45) is 0. The molecule has 0 aliphatic carbocycles. The second-order valence-corrected chi connectivity index (χ2v) is 4.02. The largest absolute Gasteiger partial charge is 0.488 e. The van der Waals surface area contributed by atoms with E-state index in [1.54, 1.807) is 18.2 Å². The zero-order valence-corrected chi connectivity index (χ0v) is 10.3. The van der Waals surface area contributed by atoms with Gasteiger partial charge in [-0.15, -0.1) is 0 Å². The Morgan fingerprint density at radius 1 is 1.16 bits per heavy atom. The predicted molar refractivity (Wildman–Crippen MR) is 69.8 cm³/mol. The van der Waals surface area contributed by atoms with E-state index in [9.17, 15) is 4.39 Å². The Labute approximate surface area is 111 Å². The number of hydrogen-bond donors (Lipinski definition) is 1. The maximum absolute atomic E-state index is 13.7. The Hall–Kier alpha value is -2.38. The first kappa shape index (κ1) is 13.1. The molecule has 2 N–H and O–H groups in total. The molecule has 2 aromatic rings. The summed E-state index contributed by atoms with van der Waals surface area (Å²) in [7, 11) is 0. The number of para-hydroxylation sites is 1. The molecule has 2 rings (SSSR count). The quantitative estimate of drug-likeness (QED) is 0.915. The minimum Gasteiger partial charge on any atom is -0.488 e. The van der Waals surface area contributed by atoms with Crippen molar-refractivity contribution in [1.29, 1.82) is 5.26 Å². The maximum Gasteiger partial charge on any atom is 0.131 e. The van der Waals surface area contributed by atoms with Crippen molar-refractivity contribution in [2.75, 3.05) is 0 Å². The highest BCUT2D eigenvalue weighted by Crippen LogP contribution is 2.19. The summed E-state index contributed by atoms with van der Waals surface area (Å²) < 4.78 is 19.2. The number of benzene rings is 2. The van der Waals surface area contributed by atoms with Crippen LogP contribution >= 0.6 is 0 Å². The Morgan fingerprint density at radius 2 is 1.95 bits per heavy atom. The van der Waals surface area contributed by atoms with E-state index in [0.29, 0.717) is 23.4 Å². The summed E-state index contributed by atoms with van der Waals surface area (Å²) in [5.41, 5.74) is 7.17. The van der Waals surface area contributed by atoms with E-state index >= 15 is 0 Å². The van der Waals surface area contributed by atoms with Gasteiger partial charge in [-0.05, 0) is 18.2 Å². The maximum atomic E-state index is 13.7. The van der Waals surface area contributed by atoms with Gasteiger partial charge in [0.25, 0.3) is 0 Å². The molecule has 0 bridgehead atoms. The van der Waals surface area contributed by atoms with Crippen LogP contribution in [0, 0.1) is 17.1 Å². The van der Waals surface area contributed by atoms with E-state index in [-0.39, 0.29) is 6.61 Å². The fourth-order valence-corrected chi connectivity index (χ4v) is 1.70. The molecule has 0 aliphatic rings. The standard InChI is InChI=1S/C15H13FN2O/c16-14-7-11(8-17)5-6-13(14)10-19-15-4-2-1-3-12(15)9-18/h1-7H,9-10,18H2. The highest BCUT2D eigenvalue weighted by Gasteiger charge is 2.06. The van der Waals surface area contributed by atoms with Gasteiger partial charge in [0.05, 0.1) is 11.6 Å². The van der Waals surface area contributed by atoms with Crippen molar-refractivity contribution in [3.63, 3.8) is 0 Å². The van der Waals surface area contributed by atoms with Gasteiger partial charge in [-0.1, -0.05) is 24.3 Å². The van der Waals surface area contributed by atoms with Gasteiger partial charge < -0.3 is 10.5 Å². The minimum absolute atomic E-state index is 0.106. The average molecular weight is 256 g/mol. The number of nitriles is 1. The van der Waals surface area contributed by atoms with Crippen molar-refractivity contribution >= 4 is 0 Å². The van der Waals surface area contributed by atoms with E-state index in [1.807, 2.05) is 24.3 Å². The van der Waals surface area contributed by atoms with Crippen molar-refractivity contribution in [1.82, 2.24) is 0 Å². The van der Waals surface area contributed by atoms with Gasteiger partial charge in [0.15, 0.2) is 0 Å². The molecule has 0 aliphatic heterocycles. The van der Waals surface area contributed by atoms with Crippen LogP contribution in [0.5, 0.6) is 5.75 Å². The summed E-state index contributed by atoms with van der Waals surface area (Å²) in [5, 5.41) is 8.67. The first-order valence-electron chi connectivity index (χ1n) is 5.84. The van der Waals surface area contributed by atoms with Gasteiger partial charge in [0.2, 0.25) is 0 Å². The second-order valence-electron chi connectivity index (χ2n) is 4.02. The summed E-state index contributed by atoms with van der Waals surface area (Å²) in [6.45, 7) is 0.473. The van der Waals surface area contributed by atoms with Gasteiger partial charge in [0.1, 0.15) is 18.2 Å². The molecular formula is C15H13FN2O. The van der Waals surface area contributed by atoms with Crippen molar-refractivity contribution in [2.24, 2.45) is 5.73 Å². The molecule has 0 atom stereocenters. The lowest BCUT2D eigenvalue weighted by Crippen LogP contribution is -2.03. The average Bonchev–Trinajstić information content (AvgIpc) is 2.46. The summed E-state index contributed by atoms with van der Waals surface area (Å²) in [5.74, 6) is 0.207. The molecule has 0 spiro atoms. The third-order valence-corrected chi connectivity index (χ3v) is 2.76. The number of halogens is 1. The van der Waals surface area contributed by atoms with Crippen LogP contribution in [0.25, 0.3) is 0 Å². The van der Waals surface area contributed by atoms with E-state index in [0.717, 1.165) is 5.56 Å². The molecule has 0 fully saturated rings. The summed E-state index contributed by atoms with van der Waals surface area (Å²) >= 11 is 0. The van der Waals surface area contributed by atoms with Crippen LogP contribution in [-0.4, -0.2) is 0 Å². The van der Waals surface area contributed by atoms with Gasteiger partial charge in [-0.3, -0.25) is 0 Å². The highest BCUT2D eigenvalue weighted by molar-refractivity contribution is 5.35. The predicted octanol–water partition coefficient (Wildman–Crippen LogP) is 2.74. The third-order valence-electron chi connectivity index (χ3n) is 2.76. The summed E-state index contributed by atoms with van der Waals surface area (Å²) in [4.78, 5) is 0. The minimum atomic E-state index is -0.440. The molecule has 4 heteroatoms. The highest BCUT2D eigenvalue weighted by atomic mass is 19.1. The number of nitrogens with zero attached hydrogens (tertiary/aromatic N) is 1. The first-order chi connectivity index (χ1) is 9.24. The Kier molecular flexibility index (Phi) is 4.11. The fraction of sp³-hybridized carbons (Fsp3) is 0.133. The van der Waals surface area contributed by atoms with Gasteiger partial charge in [-0.2, -0.15) is 5.26 Å². The zero-order chi connectivity index (χ0) is 13.7. The lowest BCUT2D eigenvalue weighted by atomic mass is 10.1. The van der Waals surface area contributed by atoms with Gasteiger partial charge in [-0.25, -0.2) is 4.39 Å². The Morgan fingerprint density at radius 3 is 2.63 bits per heavy atom. The van der Waals surface area contributed by atoms with Crippen LogP contribution in [0.4, 0.5) is 4.39 Å². The Balaban J connectivity index is 2.13. The van der Waals surface area contributed by atoms with Crippen molar-refractivity contribution in [2.45, 2.75) is 13.2 Å². The van der Waals surface area contributed by atoms with Crippen molar-refractivity contribution in [3.05, 3.63) is 65.0 Å². The first-order valence-corrected chi connectivity index (χ1v) is 5.84. The number of rotatable bonds is 4. The number of ether oxygens (including phenoxy) is 1. The monoisotopic (exact) mass is 256 g/mol. The molecule has 96 valence electrons. The molecule has 0 saturated carbocycles. The molecule has 19 heavy (non-hydrogen) atoms. The SMILES string of the molecule is N#Cc1ccc(COc2ccccc2CN)c(F)c1. The lowest BCUT2D eigenvalue weighted by Gasteiger charge is -2.10. The molecule has 0 aromatic heterocycles. The number of nitrogens with two attached hydrogens (primary N) is 1. The fourth-order valence-electron chi connectivity index (χ4n) is 1.70. The molecule has 0 radical (unpaired) electrons. The molecule has 0 amide bonds. The van der Waals surface area contributed by atoms with Crippen LogP contribution in [-0.2, 0) is 13.2 Å². The van der Waals surface area contributed by atoms with Crippen LogP contribution < -0.4 is 10.5 Å². The van der Waals surface area contributed by atoms with Crippen molar-refractivity contribution in [3.8, 4) is 11.8 Å². The second kappa shape index (κ2) is 5.98. The van der Waals surface area contributed by atoms with E-state index < -0.39 is 5.82 Å². The van der Waals surface area contributed by atoms with E-state index in [1.165, 1.54) is 6.07 Å². The Bertz CT molecular complexity index is 620. The van der Waals surface area contributed by atoms with Crippen molar-refractivity contribution < 1.29 is 9.13 Å². The molecule has 0 saturated heterocycles. The molecule has 0 unspecified atom stereocenters. The van der Waals surface area contributed by atoms with E-state index in [2.05, 4.69) is 0 Å². The van der Waals surface area contributed by atoms with Gasteiger partial charge in [0, 0.05) is 17.7 Å². The zero-order valence-electron chi connectivity index (χ0n) is 10.3. The summed E-state index contributed by atoms with van der Waals surface area (Å²) in [6, 6.07) is 13.6. The molecule has 0 heterocycles. The topological polar surface area (TPSA) is 59.0 Å². The van der Waals surface area contributed by atoms with Crippen LogP contribution in [0.1, 0.15) is 16.7 Å². The smallest absolute Gasteiger partial charge is 0.131 e. The molecule has 2 aromatic carbocycles. The normalized spacial score (nSPS) is 9.95. The van der Waals surface area contributed by atoms with Crippen LogP contribution in [0.3, 0.4) is 0 Å². The van der Waals surface area contributed by atoms with Crippen LogP contribution in [0.15, 0.2) is 42.5 Å². The molecular weight excluding hydrogens is 243 g/mol.